The molecule has 1 radical (unpaired) electrons. The predicted octanol–water partition coefficient (Wildman–Crippen LogP) is 0.744. The van der Waals surface area contributed by atoms with Gasteiger partial charge in [0.1, 0.15) is 5.75 Å². The molecule has 1 aromatic rings. The second-order valence-corrected chi connectivity index (χ2v) is 2.91. The average molecular weight is 223 g/mol. The lowest BCUT2D eigenvalue weighted by atomic mass is 10.3. The van der Waals surface area contributed by atoms with Crippen LogP contribution in [0.15, 0.2) is 24.3 Å². The first-order valence-electron chi connectivity index (χ1n) is 4.69. The maximum Gasteiger partial charge on any atom is 0.395 e. The topological polar surface area (TPSA) is 73.6 Å². The van der Waals surface area contributed by atoms with E-state index in [2.05, 4.69) is 9.88 Å². The third-order valence-electron chi connectivity index (χ3n) is 1.74. The Bertz CT molecular complexity index is 348. The van der Waals surface area contributed by atoms with Crippen molar-refractivity contribution in [3.8, 4) is 5.75 Å². The lowest BCUT2D eigenvalue weighted by Crippen LogP contribution is -2.26. The minimum Gasteiger partial charge on any atom is -0.492 e. The van der Waals surface area contributed by atoms with Gasteiger partial charge in [0.15, 0.2) is 0 Å². The largest absolute Gasteiger partial charge is 0.492 e. The summed E-state index contributed by atoms with van der Waals surface area (Å²) in [6, 6.07) is 6.07. The second-order valence-electron chi connectivity index (χ2n) is 2.91. The number of hydrogen-bond donors (Lipinski definition) is 1. The molecule has 0 spiro atoms. The Morgan fingerprint density at radius 3 is 3.06 bits per heavy atom. The molecule has 0 aromatic heterocycles. The first-order chi connectivity index (χ1) is 7.74. The Morgan fingerprint density at radius 2 is 2.38 bits per heavy atom. The van der Waals surface area contributed by atoms with Crippen LogP contribution in [-0.4, -0.2) is 32.8 Å². The van der Waals surface area contributed by atoms with Crippen LogP contribution in [0.5, 0.6) is 5.75 Å². The molecular formula is C9H12BN2O4. The number of nitrogens with one attached hydrogen (secondary N) is 1. The van der Waals surface area contributed by atoms with Gasteiger partial charge >= 0.3 is 7.62 Å². The number of non-ortho nitro benzene ring substituents is 1. The number of benzene rings is 1. The minimum atomic E-state index is -0.455. The highest BCUT2D eigenvalue weighted by Crippen LogP contribution is 2.18. The zero-order valence-electron chi connectivity index (χ0n) is 8.88. The van der Waals surface area contributed by atoms with Crippen molar-refractivity contribution in [1.29, 1.82) is 0 Å². The van der Waals surface area contributed by atoms with Gasteiger partial charge in [-0.25, -0.2) is 0 Å². The quantitative estimate of drug-likeness (QED) is 0.319. The van der Waals surface area contributed by atoms with E-state index in [1.165, 1.54) is 26.9 Å². The van der Waals surface area contributed by atoms with E-state index in [-0.39, 0.29) is 5.69 Å². The van der Waals surface area contributed by atoms with Gasteiger partial charge in [0.25, 0.3) is 5.69 Å². The summed E-state index contributed by atoms with van der Waals surface area (Å²) in [6.07, 6.45) is 0. The molecule has 0 aliphatic rings. The van der Waals surface area contributed by atoms with Crippen LogP contribution in [0, 0.1) is 10.1 Å². The summed E-state index contributed by atoms with van der Waals surface area (Å²) >= 11 is 0. The first kappa shape index (κ1) is 12.5. The Morgan fingerprint density at radius 1 is 1.56 bits per heavy atom. The lowest BCUT2D eigenvalue weighted by Gasteiger charge is -2.05. The summed E-state index contributed by atoms with van der Waals surface area (Å²) in [5.74, 6) is 0.480. The maximum atomic E-state index is 10.5. The first-order valence-corrected chi connectivity index (χ1v) is 4.69. The Hall–Kier alpha value is -1.60. The number of hydrogen-bond acceptors (Lipinski definition) is 5. The second kappa shape index (κ2) is 6.81. The van der Waals surface area contributed by atoms with Gasteiger partial charge in [-0.3, -0.25) is 10.1 Å². The molecule has 0 aliphatic carbocycles. The Balaban J connectivity index is 2.36. The van der Waals surface area contributed by atoms with Crippen LogP contribution in [0.2, 0.25) is 0 Å². The van der Waals surface area contributed by atoms with E-state index in [0.29, 0.717) is 18.9 Å². The van der Waals surface area contributed by atoms with Gasteiger partial charge in [0, 0.05) is 19.7 Å². The molecule has 0 heterocycles. The van der Waals surface area contributed by atoms with Gasteiger partial charge in [-0.15, -0.1) is 0 Å². The van der Waals surface area contributed by atoms with Crippen molar-refractivity contribution >= 4 is 13.3 Å². The SMILES string of the molecule is CO[B]NCCOc1cccc([N+](=O)[O-])c1. The molecule has 1 rings (SSSR count). The van der Waals surface area contributed by atoms with E-state index >= 15 is 0 Å². The lowest BCUT2D eigenvalue weighted by molar-refractivity contribution is -0.384. The van der Waals surface area contributed by atoms with Gasteiger partial charge in [-0.05, 0) is 6.07 Å². The molecule has 85 valence electrons. The summed E-state index contributed by atoms with van der Waals surface area (Å²) in [6.45, 7) is 0.970. The van der Waals surface area contributed by atoms with Crippen molar-refractivity contribution in [2.45, 2.75) is 0 Å². The number of ether oxygens (including phenoxy) is 1. The molecule has 0 saturated heterocycles. The minimum absolute atomic E-state index is 0.0221. The number of nitro benzene ring substituents is 1. The van der Waals surface area contributed by atoms with Crippen molar-refractivity contribution in [3.63, 3.8) is 0 Å². The predicted molar refractivity (Wildman–Crippen MR) is 59.4 cm³/mol. The van der Waals surface area contributed by atoms with Gasteiger partial charge in [0.2, 0.25) is 0 Å². The fourth-order valence-corrected chi connectivity index (χ4v) is 1.06. The third-order valence-corrected chi connectivity index (χ3v) is 1.74. The van der Waals surface area contributed by atoms with Gasteiger partial charge in [-0.2, -0.15) is 0 Å². The van der Waals surface area contributed by atoms with Crippen LogP contribution in [-0.2, 0) is 4.65 Å². The smallest absolute Gasteiger partial charge is 0.395 e. The van der Waals surface area contributed by atoms with Crippen LogP contribution in [0.4, 0.5) is 5.69 Å². The van der Waals surface area contributed by atoms with E-state index in [1.807, 2.05) is 0 Å². The summed E-state index contributed by atoms with van der Waals surface area (Å²) in [7, 11) is 2.98. The fourth-order valence-electron chi connectivity index (χ4n) is 1.06. The van der Waals surface area contributed by atoms with Crippen molar-refractivity contribution < 1.29 is 14.3 Å². The van der Waals surface area contributed by atoms with E-state index in [1.54, 1.807) is 12.1 Å². The van der Waals surface area contributed by atoms with E-state index < -0.39 is 4.92 Å². The summed E-state index contributed by atoms with van der Waals surface area (Å²) in [4.78, 5) is 10.0. The summed E-state index contributed by atoms with van der Waals surface area (Å²) < 4.78 is 9.96. The molecule has 0 saturated carbocycles. The number of nitrogens with zero attached hydrogens (tertiary/aromatic N) is 1. The summed E-state index contributed by atoms with van der Waals surface area (Å²) in [5.41, 5.74) is 0.0221. The molecule has 0 atom stereocenters. The zero-order chi connectivity index (χ0) is 11.8. The van der Waals surface area contributed by atoms with Crippen LogP contribution < -0.4 is 9.96 Å². The molecule has 0 unspecified atom stereocenters. The highest BCUT2D eigenvalue weighted by Gasteiger charge is 2.05. The Labute approximate surface area is 94.0 Å². The molecule has 7 heteroatoms. The molecule has 1 N–H and O–H groups in total. The molecule has 0 amide bonds. The van der Waals surface area contributed by atoms with Crippen LogP contribution in [0.3, 0.4) is 0 Å². The average Bonchev–Trinajstić information content (AvgIpc) is 2.29. The van der Waals surface area contributed by atoms with Crippen molar-refractivity contribution in [2.75, 3.05) is 20.3 Å². The highest BCUT2D eigenvalue weighted by atomic mass is 16.6. The molecular weight excluding hydrogens is 211 g/mol. The van der Waals surface area contributed by atoms with Crippen LogP contribution in [0.1, 0.15) is 0 Å². The summed E-state index contributed by atoms with van der Waals surface area (Å²) in [5, 5.41) is 13.3. The van der Waals surface area contributed by atoms with Gasteiger partial charge in [0.05, 0.1) is 17.6 Å². The molecule has 0 bridgehead atoms. The van der Waals surface area contributed by atoms with E-state index in [4.69, 9.17) is 4.74 Å². The monoisotopic (exact) mass is 223 g/mol. The third kappa shape index (κ3) is 4.29. The normalized spacial score (nSPS) is 9.81. The van der Waals surface area contributed by atoms with Crippen LogP contribution in [0.25, 0.3) is 0 Å². The maximum absolute atomic E-state index is 10.5. The molecule has 6 nitrogen and oxygen atoms in total. The van der Waals surface area contributed by atoms with Crippen LogP contribution >= 0.6 is 0 Å². The standard InChI is InChI=1S/C9H12BN2O4/c1-15-10-11-5-6-16-9-4-2-3-8(7-9)12(13)14/h2-4,7,11H,5-6H2,1H3. The van der Waals surface area contributed by atoms with E-state index in [9.17, 15) is 10.1 Å². The number of nitro groups is 1. The fraction of sp³-hybridized carbons (Fsp3) is 0.333. The van der Waals surface area contributed by atoms with Gasteiger partial charge in [-0.1, -0.05) is 6.07 Å². The zero-order valence-corrected chi connectivity index (χ0v) is 8.88. The van der Waals surface area contributed by atoms with Gasteiger partial charge < -0.3 is 14.6 Å². The Kier molecular flexibility index (Phi) is 5.31. The van der Waals surface area contributed by atoms with Crippen molar-refractivity contribution in [3.05, 3.63) is 34.4 Å². The van der Waals surface area contributed by atoms with Crippen molar-refractivity contribution in [1.82, 2.24) is 5.23 Å². The molecule has 0 fully saturated rings. The molecule has 0 aliphatic heterocycles. The molecule has 16 heavy (non-hydrogen) atoms. The van der Waals surface area contributed by atoms with Crippen molar-refractivity contribution in [2.24, 2.45) is 0 Å². The number of rotatable bonds is 7. The molecule has 1 aromatic carbocycles. The van der Waals surface area contributed by atoms with E-state index in [0.717, 1.165) is 0 Å². The highest BCUT2D eigenvalue weighted by molar-refractivity contribution is 6.23.